The minimum absolute atomic E-state index is 0.291. The van der Waals surface area contributed by atoms with Crippen molar-refractivity contribution in [1.29, 1.82) is 0 Å². The van der Waals surface area contributed by atoms with Gasteiger partial charge in [0.25, 0.3) is 0 Å². The van der Waals surface area contributed by atoms with E-state index in [2.05, 4.69) is 27.4 Å². The molecule has 1 aromatic rings. The van der Waals surface area contributed by atoms with Gasteiger partial charge in [-0.3, -0.25) is 4.99 Å². The summed E-state index contributed by atoms with van der Waals surface area (Å²) >= 11 is 0. The first-order chi connectivity index (χ1) is 12.5. The summed E-state index contributed by atoms with van der Waals surface area (Å²) in [4.78, 5) is 7.13. The third kappa shape index (κ3) is 6.24. The van der Waals surface area contributed by atoms with Crippen LogP contribution >= 0.6 is 0 Å². The van der Waals surface area contributed by atoms with Gasteiger partial charge >= 0.3 is 0 Å². The summed E-state index contributed by atoms with van der Waals surface area (Å²) in [5.41, 5.74) is 0.434. The number of piperidine rings is 1. The minimum atomic E-state index is -0.562. The van der Waals surface area contributed by atoms with Crippen LogP contribution in [0.25, 0.3) is 0 Å². The van der Waals surface area contributed by atoms with Gasteiger partial charge in [0.2, 0.25) is 0 Å². The Morgan fingerprint density at radius 3 is 2.62 bits per heavy atom. The van der Waals surface area contributed by atoms with E-state index in [-0.39, 0.29) is 6.04 Å². The molecule has 1 aliphatic heterocycles. The largest absolute Gasteiger partial charge is 0.357 e. The molecule has 2 rings (SSSR count). The topological polar surface area (TPSA) is 39.7 Å². The number of hydrogen-bond acceptors (Lipinski definition) is 2. The molecule has 2 N–H and O–H groups in total. The third-order valence-corrected chi connectivity index (χ3v) is 5.09. The van der Waals surface area contributed by atoms with E-state index in [4.69, 9.17) is 0 Å². The van der Waals surface area contributed by atoms with Crippen LogP contribution in [0.1, 0.15) is 51.6 Å². The smallest absolute Gasteiger partial charge is 0.191 e. The van der Waals surface area contributed by atoms with Crippen LogP contribution in [0, 0.1) is 17.6 Å². The molecule has 0 spiro atoms. The molecule has 146 valence electrons. The molecule has 0 radical (unpaired) electrons. The Morgan fingerprint density at radius 1 is 1.27 bits per heavy atom. The number of nitrogens with zero attached hydrogens (tertiary/aromatic N) is 2. The number of hydrogen-bond donors (Lipinski definition) is 2. The van der Waals surface area contributed by atoms with Gasteiger partial charge in [0.15, 0.2) is 5.96 Å². The summed E-state index contributed by atoms with van der Waals surface area (Å²) in [6.07, 6.45) is 3.56. The molecule has 0 amide bonds. The van der Waals surface area contributed by atoms with Crippen molar-refractivity contribution in [2.75, 3.05) is 32.7 Å². The summed E-state index contributed by atoms with van der Waals surface area (Å²) < 4.78 is 27.0. The molecular formula is C20H32F2N4. The van der Waals surface area contributed by atoms with E-state index in [9.17, 15) is 8.78 Å². The molecule has 1 aromatic carbocycles. The van der Waals surface area contributed by atoms with Gasteiger partial charge < -0.3 is 15.5 Å². The van der Waals surface area contributed by atoms with Gasteiger partial charge in [-0.15, -0.1) is 0 Å². The van der Waals surface area contributed by atoms with Crippen LogP contribution in [0.15, 0.2) is 23.2 Å². The molecule has 4 nitrogen and oxygen atoms in total. The predicted octanol–water partition coefficient (Wildman–Crippen LogP) is 3.70. The predicted molar refractivity (Wildman–Crippen MR) is 103 cm³/mol. The number of nitrogens with one attached hydrogen (secondary N) is 2. The van der Waals surface area contributed by atoms with Crippen LogP contribution in [0.5, 0.6) is 0 Å². The fraction of sp³-hybridized carbons (Fsp3) is 0.650. The summed E-state index contributed by atoms with van der Waals surface area (Å²) in [6, 6.07) is 3.39. The lowest BCUT2D eigenvalue weighted by atomic mass is 9.94. The first-order valence-corrected chi connectivity index (χ1v) is 9.75. The zero-order valence-electron chi connectivity index (χ0n) is 16.2. The van der Waals surface area contributed by atoms with Crippen molar-refractivity contribution in [3.63, 3.8) is 0 Å². The first-order valence-electron chi connectivity index (χ1n) is 9.75. The highest BCUT2D eigenvalue weighted by atomic mass is 19.1. The molecule has 26 heavy (non-hydrogen) atoms. The molecule has 0 bridgehead atoms. The van der Waals surface area contributed by atoms with Crippen molar-refractivity contribution in [3.05, 3.63) is 35.4 Å². The van der Waals surface area contributed by atoms with Crippen LogP contribution in [-0.4, -0.2) is 43.6 Å². The summed E-state index contributed by atoms with van der Waals surface area (Å²) in [5, 5.41) is 6.42. The maximum atomic E-state index is 13.9. The Morgan fingerprint density at radius 2 is 2.00 bits per heavy atom. The average molecular weight is 366 g/mol. The fourth-order valence-corrected chi connectivity index (χ4v) is 3.41. The van der Waals surface area contributed by atoms with E-state index in [1.807, 2.05) is 13.8 Å². The maximum Gasteiger partial charge on any atom is 0.191 e. The lowest BCUT2D eigenvalue weighted by molar-refractivity contribution is 0.188. The monoisotopic (exact) mass is 366 g/mol. The van der Waals surface area contributed by atoms with E-state index < -0.39 is 11.6 Å². The van der Waals surface area contributed by atoms with E-state index in [0.29, 0.717) is 11.5 Å². The molecule has 1 unspecified atom stereocenters. The maximum absolute atomic E-state index is 13.9. The average Bonchev–Trinajstić information content (AvgIpc) is 2.62. The van der Waals surface area contributed by atoms with E-state index in [1.165, 1.54) is 38.1 Å². The lowest BCUT2D eigenvalue weighted by Gasteiger charge is -2.30. The molecule has 6 heteroatoms. The highest BCUT2D eigenvalue weighted by Crippen LogP contribution is 2.20. The Kier molecular flexibility index (Phi) is 8.29. The van der Waals surface area contributed by atoms with Gasteiger partial charge in [-0.05, 0) is 64.7 Å². The molecule has 0 aromatic heterocycles. The highest BCUT2D eigenvalue weighted by molar-refractivity contribution is 5.80. The van der Waals surface area contributed by atoms with Gasteiger partial charge in [0, 0.05) is 24.7 Å². The van der Waals surface area contributed by atoms with Crippen molar-refractivity contribution in [2.45, 2.75) is 46.1 Å². The number of likely N-dealkylation sites (tertiary alicyclic amines) is 1. The minimum Gasteiger partial charge on any atom is -0.357 e. The highest BCUT2D eigenvalue weighted by Gasteiger charge is 2.18. The zero-order chi connectivity index (χ0) is 18.9. The summed E-state index contributed by atoms with van der Waals surface area (Å²) in [5.74, 6) is 0.308. The number of guanidine groups is 1. The van der Waals surface area contributed by atoms with E-state index in [1.54, 1.807) is 0 Å². The third-order valence-electron chi connectivity index (χ3n) is 5.09. The van der Waals surface area contributed by atoms with Gasteiger partial charge in [-0.1, -0.05) is 13.0 Å². The first kappa shape index (κ1) is 20.6. The van der Waals surface area contributed by atoms with Crippen LogP contribution in [0.2, 0.25) is 0 Å². The van der Waals surface area contributed by atoms with Crippen LogP contribution < -0.4 is 10.6 Å². The Labute approximate surface area is 156 Å². The van der Waals surface area contributed by atoms with E-state index in [0.717, 1.165) is 38.0 Å². The van der Waals surface area contributed by atoms with Crippen molar-refractivity contribution in [2.24, 2.45) is 10.9 Å². The van der Waals surface area contributed by atoms with Gasteiger partial charge in [-0.25, -0.2) is 8.78 Å². The van der Waals surface area contributed by atoms with Gasteiger partial charge in [-0.2, -0.15) is 0 Å². The zero-order valence-corrected chi connectivity index (χ0v) is 16.2. The number of rotatable bonds is 7. The molecule has 1 saturated heterocycles. The fourth-order valence-electron chi connectivity index (χ4n) is 3.41. The van der Waals surface area contributed by atoms with E-state index >= 15 is 0 Å². The normalized spacial score (nSPS) is 18.0. The van der Waals surface area contributed by atoms with Crippen LogP contribution in [0.3, 0.4) is 0 Å². The second-order valence-electron chi connectivity index (χ2n) is 6.96. The van der Waals surface area contributed by atoms with Crippen molar-refractivity contribution in [3.8, 4) is 0 Å². The standard InChI is InChI=1S/C20H32F2N4/c1-4-23-20(24-11-8-16-9-12-26(5-2)13-10-16)25-15(3)18-7-6-17(21)14-19(18)22/h6-7,14-16H,4-5,8-13H2,1-3H3,(H2,23,24,25). The second-order valence-corrected chi connectivity index (χ2v) is 6.96. The van der Waals surface area contributed by atoms with Crippen molar-refractivity contribution < 1.29 is 8.78 Å². The van der Waals surface area contributed by atoms with Crippen LogP contribution in [-0.2, 0) is 0 Å². The Hall–Kier alpha value is -1.69. The van der Waals surface area contributed by atoms with Gasteiger partial charge in [0.1, 0.15) is 11.6 Å². The number of aliphatic imine (C=N–C) groups is 1. The molecule has 1 fully saturated rings. The number of halogens is 2. The molecular weight excluding hydrogens is 334 g/mol. The molecule has 1 heterocycles. The Bertz CT molecular complexity index is 583. The van der Waals surface area contributed by atoms with Gasteiger partial charge in [0.05, 0.1) is 6.04 Å². The SMILES string of the molecule is CCNC(=NCCC1CCN(CC)CC1)NC(C)c1ccc(F)cc1F. The van der Waals surface area contributed by atoms with Crippen molar-refractivity contribution in [1.82, 2.24) is 15.5 Å². The summed E-state index contributed by atoms with van der Waals surface area (Å²) in [6.45, 7) is 11.1. The molecule has 0 aliphatic carbocycles. The van der Waals surface area contributed by atoms with Crippen molar-refractivity contribution >= 4 is 5.96 Å². The molecule has 0 saturated carbocycles. The second kappa shape index (κ2) is 10.5. The Balaban J connectivity index is 1.87. The summed E-state index contributed by atoms with van der Waals surface area (Å²) in [7, 11) is 0. The quantitative estimate of drug-likeness (QED) is 0.571. The number of benzene rings is 1. The van der Waals surface area contributed by atoms with Crippen LogP contribution in [0.4, 0.5) is 8.78 Å². The molecule has 1 aliphatic rings. The molecule has 1 atom stereocenters. The lowest BCUT2D eigenvalue weighted by Crippen LogP contribution is -2.39.